The van der Waals surface area contributed by atoms with E-state index in [0.717, 1.165) is 5.56 Å². The van der Waals surface area contributed by atoms with Gasteiger partial charge >= 0.3 is 17.6 Å². The molecule has 1 amide bonds. The van der Waals surface area contributed by atoms with Crippen molar-refractivity contribution in [1.29, 1.82) is 0 Å². The first-order valence-electron chi connectivity index (χ1n) is 7.77. The van der Waals surface area contributed by atoms with Crippen LogP contribution in [0.3, 0.4) is 0 Å². The molecule has 0 radical (unpaired) electrons. The lowest BCUT2D eigenvalue weighted by Crippen LogP contribution is -2.42. The van der Waals surface area contributed by atoms with Gasteiger partial charge in [0.1, 0.15) is 12.6 Å². The van der Waals surface area contributed by atoms with Gasteiger partial charge in [0.15, 0.2) is 0 Å². The van der Waals surface area contributed by atoms with E-state index in [-0.39, 0.29) is 29.7 Å². The molecule has 2 aromatic rings. The van der Waals surface area contributed by atoms with Crippen LogP contribution in [0, 0.1) is 0 Å². The van der Waals surface area contributed by atoms with E-state index in [1.165, 1.54) is 24.3 Å². The van der Waals surface area contributed by atoms with Crippen LogP contribution >= 0.6 is 11.8 Å². The normalized spacial score (nSPS) is 12.3. The van der Waals surface area contributed by atoms with Gasteiger partial charge in [-0.15, -0.1) is 0 Å². The topological polar surface area (TPSA) is 75.6 Å². The second-order valence-corrected chi connectivity index (χ2v) is 6.63. The molecule has 0 saturated carbocycles. The van der Waals surface area contributed by atoms with Crippen molar-refractivity contribution >= 4 is 23.8 Å². The summed E-state index contributed by atoms with van der Waals surface area (Å²) in [4.78, 5) is 23.1. The maximum atomic E-state index is 12.3. The lowest BCUT2D eigenvalue weighted by Gasteiger charge is -2.15. The minimum atomic E-state index is -4.39. The Bertz CT molecular complexity index is 766. The number of benzene rings is 2. The molecule has 0 aliphatic heterocycles. The number of alkyl halides is 3. The van der Waals surface area contributed by atoms with Crippen molar-refractivity contribution in [2.45, 2.75) is 29.5 Å². The molecule has 0 aliphatic carbocycles. The molecule has 0 aliphatic rings. The number of nitrogens with one attached hydrogen (secondary N) is 1. The number of carbonyl (C=O) groups excluding carboxylic acids is 1. The largest absolute Gasteiger partial charge is 0.480 e. The molecule has 0 fully saturated rings. The number of aliphatic carboxylic acids is 1. The summed E-state index contributed by atoms with van der Waals surface area (Å²) >= 11 is -0.256. The third-order valence-corrected chi connectivity index (χ3v) is 4.14. The lowest BCUT2D eigenvalue weighted by atomic mass is 10.1. The second-order valence-electron chi connectivity index (χ2n) is 5.49. The van der Waals surface area contributed by atoms with E-state index in [1.54, 1.807) is 24.3 Å². The number of ether oxygens (including phenoxy) is 1. The number of alkyl carbamates (subject to hydrolysis) is 1. The van der Waals surface area contributed by atoms with Crippen LogP contribution in [0.25, 0.3) is 0 Å². The summed E-state index contributed by atoms with van der Waals surface area (Å²) in [5.41, 5.74) is -3.18. The number of hydrogen-bond donors (Lipinski definition) is 2. The summed E-state index contributed by atoms with van der Waals surface area (Å²) in [5, 5.41) is 11.5. The highest BCUT2D eigenvalue weighted by atomic mass is 32.2. The van der Waals surface area contributed by atoms with Crippen LogP contribution in [0.5, 0.6) is 0 Å². The highest BCUT2D eigenvalue weighted by Crippen LogP contribution is 2.36. The molecule has 2 N–H and O–H groups in total. The van der Waals surface area contributed by atoms with E-state index >= 15 is 0 Å². The first kappa shape index (κ1) is 20.6. The van der Waals surface area contributed by atoms with Crippen LogP contribution in [-0.2, 0) is 22.6 Å². The zero-order valence-electron chi connectivity index (χ0n) is 13.9. The highest BCUT2D eigenvalue weighted by Gasteiger charge is 2.29. The van der Waals surface area contributed by atoms with Gasteiger partial charge in [-0.1, -0.05) is 42.5 Å². The fourth-order valence-corrected chi connectivity index (χ4v) is 2.71. The molecule has 27 heavy (non-hydrogen) atoms. The van der Waals surface area contributed by atoms with Gasteiger partial charge in [0.05, 0.1) is 0 Å². The zero-order chi connectivity index (χ0) is 19.9. The summed E-state index contributed by atoms with van der Waals surface area (Å²) in [6.07, 6.45) is -0.984. The van der Waals surface area contributed by atoms with Gasteiger partial charge in [-0.05, 0) is 35.0 Å². The van der Waals surface area contributed by atoms with Crippen molar-refractivity contribution in [3.63, 3.8) is 0 Å². The first-order valence-corrected chi connectivity index (χ1v) is 8.59. The molecular formula is C18H16F3NO4S. The number of carbonyl (C=O) groups is 2. The molecule has 0 aromatic heterocycles. The number of amides is 1. The minimum absolute atomic E-state index is 0.00615. The number of carboxylic acid groups (broad SMARTS) is 1. The predicted octanol–water partition coefficient (Wildman–Crippen LogP) is 4.22. The average molecular weight is 399 g/mol. The van der Waals surface area contributed by atoms with Crippen LogP contribution in [0.4, 0.5) is 18.0 Å². The maximum Gasteiger partial charge on any atom is 0.446 e. The van der Waals surface area contributed by atoms with E-state index in [1.807, 2.05) is 6.07 Å². The summed E-state index contributed by atoms with van der Waals surface area (Å²) in [6, 6.07) is 12.9. The molecule has 9 heteroatoms. The fraction of sp³-hybridized carbons (Fsp3) is 0.222. The molecule has 0 heterocycles. The average Bonchev–Trinajstić information content (AvgIpc) is 2.60. The summed E-state index contributed by atoms with van der Waals surface area (Å²) in [5.74, 6) is -1.28. The smallest absolute Gasteiger partial charge is 0.446 e. The van der Waals surface area contributed by atoms with Gasteiger partial charge in [-0.2, -0.15) is 13.2 Å². The molecule has 1 unspecified atom stereocenters. The third-order valence-electron chi connectivity index (χ3n) is 3.40. The molecule has 0 bridgehead atoms. The van der Waals surface area contributed by atoms with Crippen molar-refractivity contribution in [3.05, 3.63) is 65.7 Å². The van der Waals surface area contributed by atoms with Crippen LogP contribution in [-0.4, -0.2) is 28.7 Å². The fourth-order valence-electron chi connectivity index (χ4n) is 2.17. The summed E-state index contributed by atoms with van der Waals surface area (Å²) < 4.78 is 41.9. The Labute approximate surface area is 157 Å². The van der Waals surface area contributed by atoms with Gasteiger partial charge < -0.3 is 15.2 Å². The first-order chi connectivity index (χ1) is 12.7. The Hall–Kier alpha value is -2.68. The Morgan fingerprint density at radius 3 is 2.22 bits per heavy atom. The minimum Gasteiger partial charge on any atom is -0.480 e. The van der Waals surface area contributed by atoms with Crippen LogP contribution in [0.2, 0.25) is 0 Å². The SMILES string of the molecule is O=C(NC(Cc1ccc(SC(F)(F)F)cc1)C(=O)O)OCc1ccccc1. The number of hydrogen-bond acceptors (Lipinski definition) is 4. The monoisotopic (exact) mass is 399 g/mol. The van der Waals surface area contributed by atoms with E-state index in [0.29, 0.717) is 5.56 Å². The van der Waals surface area contributed by atoms with Gasteiger partial charge in [0, 0.05) is 11.3 Å². The van der Waals surface area contributed by atoms with Crippen molar-refractivity contribution in [3.8, 4) is 0 Å². The highest BCUT2D eigenvalue weighted by molar-refractivity contribution is 8.00. The van der Waals surface area contributed by atoms with Gasteiger partial charge in [0.2, 0.25) is 0 Å². The number of carboxylic acids is 1. The van der Waals surface area contributed by atoms with Gasteiger partial charge in [-0.25, -0.2) is 9.59 Å². The molecule has 2 rings (SSSR count). The van der Waals surface area contributed by atoms with Crippen molar-refractivity contribution < 1.29 is 32.6 Å². The van der Waals surface area contributed by atoms with E-state index in [4.69, 9.17) is 4.74 Å². The third kappa shape index (κ3) is 7.61. The summed E-state index contributed by atoms with van der Waals surface area (Å²) in [6.45, 7) is -0.0115. The van der Waals surface area contributed by atoms with Gasteiger partial charge in [-0.3, -0.25) is 0 Å². The van der Waals surface area contributed by atoms with E-state index in [2.05, 4.69) is 5.32 Å². The second kappa shape index (κ2) is 9.31. The number of rotatable bonds is 7. The number of halogens is 3. The standard InChI is InChI=1S/C18H16F3NO4S/c19-18(20,21)27-14-8-6-12(7-9-14)10-15(16(23)24)22-17(25)26-11-13-4-2-1-3-5-13/h1-9,15H,10-11H2,(H,22,25)(H,23,24). The molecule has 0 spiro atoms. The molecule has 1 atom stereocenters. The van der Waals surface area contributed by atoms with Crippen molar-refractivity contribution in [2.24, 2.45) is 0 Å². The Morgan fingerprint density at radius 2 is 1.67 bits per heavy atom. The quantitative estimate of drug-likeness (QED) is 0.682. The molecule has 144 valence electrons. The molecule has 2 aromatic carbocycles. The van der Waals surface area contributed by atoms with Crippen molar-refractivity contribution in [2.75, 3.05) is 0 Å². The Morgan fingerprint density at radius 1 is 1.04 bits per heavy atom. The van der Waals surface area contributed by atoms with E-state index < -0.39 is 23.6 Å². The molecule has 0 saturated heterocycles. The van der Waals surface area contributed by atoms with Crippen molar-refractivity contribution in [1.82, 2.24) is 5.32 Å². The zero-order valence-corrected chi connectivity index (χ0v) is 14.7. The molecular weight excluding hydrogens is 383 g/mol. The summed E-state index contributed by atoms with van der Waals surface area (Å²) in [7, 11) is 0. The van der Waals surface area contributed by atoms with Crippen LogP contribution in [0.1, 0.15) is 11.1 Å². The predicted molar refractivity (Wildman–Crippen MR) is 93.2 cm³/mol. The maximum absolute atomic E-state index is 12.3. The van der Waals surface area contributed by atoms with E-state index in [9.17, 15) is 27.9 Å². The Balaban J connectivity index is 1.91. The van der Waals surface area contributed by atoms with Gasteiger partial charge in [0.25, 0.3) is 0 Å². The molecule has 5 nitrogen and oxygen atoms in total. The number of thioether (sulfide) groups is 1. The van der Waals surface area contributed by atoms with Crippen LogP contribution < -0.4 is 5.32 Å². The Kier molecular flexibility index (Phi) is 7.12. The lowest BCUT2D eigenvalue weighted by molar-refractivity contribution is -0.139. The van der Waals surface area contributed by atoms with Crippen LogP contribution in [0.15, 0.2) is 59.5 Å².